The molecular weight excluding hydrogens is 292 g/mol. The van der Waals surface area contributed by atoms with Gasteiger partial charge in [0, 0.05) is 17.6 Å². The second-order valence-electron chi connectivity index (χ2n) is 3.98. The molecular formula is C13H16N4O3S. The first-order valence-corrected chi connectivity index (χ1v) is 7.21. The Morgan fingerprint density at radius 3 is 2.86 bits per heavy atom. The molecule has 0 aliphatic rings. The minimum Gasteiger partial charge on any atom is -0.494 e. The van der Waals surface area contributed by atoms with Crippen LogP contribution in [-0.4, -0.2) is 28.8 Å². The van der Waals surface area contributed by atoms with Gasteiger partial charge in [-0.05, 0) is 26.0 Å². The highest BCUT2D eigenvalue weighted by atomic mass is 32.1. The van der Waals surface area contributed by atoms with Gasteiger partial charge in [-0.2, -0.15) is 0 Å². The second kappa shape index (κ2) is 6.89. The van der Waals surface area contributed by atoms with Crippen molar-refractivity contribution in [3.63, 3.8) is 0 Å². The smallest absolute Gasteiger partial charge is 0.362 e. The van der Waals surface area contributed by atoms with E-state index in [0.717, 1.165) is 11.5 Å². The molecule has 2 rings (SSSR count). The van der Waals surface area contributed by atoms with E-state index in [-0.39, 0.29) is 12.3 Å². The number of esters is 1. The minimum atomic E-state index is -0.516. The molecule has 0 fully saturated rings. The predicted molar refractivity (Wildman–Crippen MR) is 81.2 cm³/mol. The van der Waals surface area contributed by atoms with E-state index in [1.807, 2.05) is 6.92 Å². The van der Waals surface area contributed by atoms with Gasteiger partial charge in [-0.1, -0.05) is 4.49 Å². The number of hydrogen-bond acceptors (Lipinski definition) is 8. The van der Waals surface area contributed by atoms with Crippen LogP contribution in [0.4, 0.5) is 16.4 Å². The molecule has 8 heteroatoms. The fourth-order valence-electron chi connectivity index (χ4n) is 1.64. The molecule has 3 N–H and O–H groups in total. The maximum Gasteiger partial charge on any atom is 0.362 e. The van der Waals surface area contributed by atoms with Crippen LogP contribution in [0.25, 0.3) is 0 Å². The third-order valence-electron chi connectivity index (χ3n) is 2.54. The predicted octanol–water partition coefficient (Wildman–Crippen LogP) is 2.44. The number of nitrogens with zero attached hydrogens (tertiary/aromatic N) is 2. The van der Waals surface area contributed by atoms with Gasteiger partial charge < -0.3 is 20.5 Å². The van der Waals surface area contributed by atoms with Gasteiger partial charge in [-0.25, -0.2) is 4.79 Å². The topological polar surface area (TPSA) is 99.4 Å². The fourth-order valence-corrected chi connectivity index (χ4v) is 2.21. The van der Waals surface area contributed by atoms with E-state index in [0.29, 0.717) is 28.7 Å². The monoisotopic (exact) mass is 308 g/mol. The van der Waals surface area contributed by atoms with Crippen LogP contribution < -0.4 is 15.8 Å². The molecule has 0 saturated carbocycles. The van der Waals surface area contributed by atoms with E-state index in [9.17, 15) is 4.79 Å². The number of carbonyl (C=O) groups excluding carboxylic acids is 1. The van der Waals surface area contributed by atoms with Crippen LogP contribution in [0.1, 0.15) is 24.3 Å². The summed E-state index contributed by atoms with van der Waals surface area (Å²) in [6.07, 6.45) is 0. The number of nitrogens with two attached hydrogens (primary N) is 1. The Morgan fingerprint density at radius 2 is 2.19 bits per heavy atom. The van der Waals surface area contributed by atoms with E-state index in [1.54, 1.807) is 25.1 Å². The fraction of sp³-hybridized carbons (Fsp3) is 0.308. The SMILES string of the molecule is CCOC(=O)c1nnsc1Nc1ccc(OCC)cc1N. The summed E-state index contributed by atoms with van der Waals surface area (Å²) in [5.41, 5.74) is 7.26. The lowest BCUT2D eigenvalue weighted by molar-refractivity contribution is 0.0520. The van der Waals surface area contributed by atoms with Crippen LogP contribution in [0.15, 0.2) is 18.2 Å². The number of anilines is 3. The third-order valence-corrected chi connectivity index (χ3v) is 3.18. The first-order chi connectivity index (χ1) is 10.2. The summed E-state index contributed by atoms with van der Waals surface area (Å²) in [6, 6.07) is 5.28. The Kier molecular flexibility index (Phi) is 4.94. The maximum atomic E-state index is 11.7. The van der Waals surface area contributed by atoms with Gasteiger partial charge in [-0.3, -0.25) is 0 Å². The molecule has 0 saturated heterocycles. The largest absolute Gasteiger partial charge is 0.494 e. The van der Waals surface area contributed by atoms with Crippen LogP contribution in [0.5, 0.6) is 5.75 Å². The summed E-state index contributed by atoms with van der Waals surface area (Å²) >= 11 is 1.06. The minimum absolute atomic E-state index is 0.148. The van der Waals surface area contributed by atoms with E-state index < -0.39 is 5.97 Å². The molecule has 112 valence electrons. The van der Waals surface area contributed by atoms with Gasteiger partial charge in [0.2, 0.25) is 5.69 Å². The highest BCUT2D eigenvalue weighted by Gasteiger charge is 2.18. The quantitative estimate of drug-likeness (QED) is 0.624. The number of aromatic nitrogens is 2. The zero-order chi connectivity index (χ0) is 15.2. The molecule has 0 bridgehead atoms. The first kappa shape index (κ1) is 15.0. The van der Waals surface area contributed by atoms with Gasteiger partial charge in [0.05, 0.1) is 24.6 Å². The molecule has 7 nitrogen and oxygen atoms in total. The summed E-state index contributed by atoms with van der Waals surface area (Å²) in [5.74, 6) is 0.173. The molecule has 0 unspecified atom stereocenters. The highest BCUT2D eigenvalue weighted by molar-refractivity contribution is 7.10. The lowest BCUT2D eigenvalue weighted by Gasteiger charge is -2.10. The average Bonchev–Trinajstić information content (AvgIpc) is 2.91. The Balaban J connectivity index is 2.19. The lowest BCUT2D eigenvalue weighted by atomic mass is 10.2. The van der Waals surface area contributed by atoms with Gasteiger partial charge in [0.15, 0.2) is 0 Å². The summed E-state index contributed by atoms with van der Waals surface area (Å²) in [5, 5.41) is 7.31. The zero-order valence-corrected chi connectivity index (χ0v) is 12.6. The Labute approximate surface area is 126 Å². The Bertz CT molecular complexity index is 630. The molecule has 21 heavy (non-hydrogen) atoms. The number of rotatable bonds is 6. The van der Waals surface area contributed by atoms with Crippen LogP contribution in [0.3, 0.4) is 0 Å². The van der Waals surface area contributed by atoms with Gasteiger partial charge in [0.25, 0.3) is 0 Å². The van der Waals surface area contributed by atoms with Crippen molar-refractivity contribution in [1.29, 1.82) is 0 Å². The molecule has 0 aliphatic heterocycles. The zero-order valence-electron chi connectivity index (χ0n) is 11.8. The van der Waals surface area contributed by atoms with Crippen LogP contribution in [0, 0.1) is 0 Å². The van der Waals surface area contributed by atoms with E-state index in [4.69, 9.17) is 15.2 Å². The first-order valence-electron chi connectivity index (χ1n) is 6.44. The summed E-state index contributed by atoms with van der Waals surface area (Å²) in [6.45, 7) is 4.48. The van der Waals surface area contributed by atoms with Crippen molar-refractivity contribution in [3.8, 4) is 5.75 Å². The lowest BCUT2D eigenvalue weighted by Crippen LogP contribution is -2.08. The number of benzene rings is 1. The molecule has 1 aromatic heterocycles. The van der Waals surface area contributed by atoms with Crippen molar-refractivity contribution in [2.24, 2.45) is 0 Å². The standard InChI is InChI=1S/C13H16N4O3S/c1-3-19-8-5-6-10(9(14)7-8)15-12-11(16-17-21-12)13(18)20-4-2/h5-7,15H,3-4,14H2,1-2H3. The summed E-state index contributed by atoms with van der Waals surface area (Å²) < 4.78 is 14.0. The highest BCUT2D eigenvalue weighted by Crippen LogP contribution is 2.30. The summed E-state index contributed by atoms with van der Waals surface area (Å²) in [7, 11) is 0. The average molecular weight is 308 g/mol. The molecule has 0 atom stereocenters. The van der Waals surface area contributed by atoms with Crippen molar-refractivity contribution in [3.05, 3.63) is 23.9 Å². The molecule has 1 aromatic carbocycles. The van der Waals surface area contributed by atoms with Crippen LogP contribution in [-0.2, 0) is 4.74 Å². The van der Waals surface area contributed by atoms with E-state index in [2.05, 4.69) is 14.9 Å². The van der Waals surface area contributed by atoms with Gasteiger partial charge in [-0.15, -0.1) is 5.10 Å². The van der Waals surface area contributed by atoms with E-state index >= 15 is 0 Å². The van der Waals surface area contributed by atoms with Crippen molar-refractivity contribution in [2.45, 2.75) is 13.8 Å². The molecule has 0 radical (unpaired) electrons. The van der Waals surface area contributed by atoms with Crippen LogP contribution >= 0.6 is 11.5 Å². The van der Waals surface area contributed by atoms with Gasteiger partial charge in [0.1, 0.15) is 10.8 Å². The van der Waals surface area contributed by atoms with Gasteiger partial charge >= 0.3 is 5.97 Å². The number of nitrogen functional groups attached to an aromatic ring is 1. The third kappa shape index (κ3) is 3.60. The maximum absolute atomic E-state index is 11.7. The summed E-state index contributed by atoms with van der Waals surface area (Å²) in [4.78, 5) is 11.7. The van der Waals surface area contributed by atoms with E-state index in [1.165, 1.54) is 0 Å². The van der Waals surface area contributed by atoms with Crippen LogP contribution in [0.2, 0.25) is 0 Å². The molecule has 2 aromatic rings. The van der Waals surface area contributed by atoms with Crippen molar-refractivity contribution < 1.29 is 14.3 Å². The normalized spacial score (nSPS) is 10.2. The van der Waals surface area contributed by atoms with Crippen molar-refractivity contribution >= 4 is 33.9 Å². The number of hydrogen-bond donors (Lipinski definition) is 2. The Morgan fingerprint density at radius 1 is 1.38 bits per heavy atom. The molecule has 1 heterocycles. The molecule has 0 amide bonds. The number of carbonyl (C=O) groups is 1. The molecule has 0 spiro atoms. The number of nitrogens with one attached hydrogen (secondary N) is 1. The number of ether oxygens (including phenoxy) is 2. The van der Waals surface area contributed by atoms with Crippen molar-refractivity contribution in [1.82, 2.24) is 9.59 Å². The Hall–Kier alpha value is -2.35. The molecule has 0 aliphatic carbocycles. The van der Waals surface area contributed by atoms with Crippen molar-refractivity contribution in [2.75, 3.05) is 24.3 Å². The second-order valence-corrected chi connectivity index (χ2v) is 4.73.